The molecular formula is C21H32IN3O3. The second-order valence-corrected chi connectivity index (χ2v) is 6.76. The molecule has 0 saturated carbocycles. The minimum Gasteiger partial charge on any atom is -0.466 e. The molecule has 0 aliphatic heterocycles. The largest absolute Gasteiger partial charge is 0.466 e. The number of aliphatic imine (C=N–C) groups is 1. The van der Waals surface area contributed by atoms with Crippen molar-refractivity contribution in [1.29, 1.82) is 0 Å². The van der Waals surface area contributed by atoms with Crippen molar-refractivity contribution in [2.45, 2.75) is 39.9 Å². The van der Waals surface area contributed by atoms with Gasteiger partial charge in [0.2, 0.25) is 0 Å². The first-order chi connectivity index (χ1) is 12.9. The predicted octanol–water partition coefficient (Wildman–Crippen LogP) is 3.49. The molecule has 0 bridgehead atoms. The molecular weight excluding hydrogens is 469 g/mol. The van der Waals surface area contributed by atoms with Gasteiger partial charge in [-0.25, -0.2) is 4.99 Å². The lowest BCUT2D eigenvalue weighted by Gasteiger charge is -2.21. The van der Waals surface area contributed by atoms with E-state index in [2.05, 4.69) is 15.6 Å². The Balaban J connectivity index is 0.00000392. The summed E-state index contributed by atoms with van der Waals surface area (Å²) < 4.78 is 11.2. The Bertz CT molecular complexity index is 730. The van der Waals surface area contributed by atoms with Gasteiger partial charge in [-0.2, -0.15) is 0 Å². The Morgan fingerprint density at radius 1 is 1.21 bits per heavy atom. The van der Waals surface area contributed by atoms with Crippen molar-refractivity contribution in [1.82, 2.24) is 10.6 Å². The quantitative estimate of drug-likeness (QED) is 0.212. The second kappa shape index (κ2) is 12.1. The van der Waals surface area contributed by atoms with Gasteiger partial charge < -0.3 is 24.9 Å². The normalized spacial score (nSPS) is 13.5. The summed E-state index contributed by atoms with van der Waals surface area (Å²) in [5.74, 6) is 2.16. The lowest BCUT2D eigenvalue weighted by molar-refractivity contribution is 0.0656. The minimum absolute atomic E-state index is 0. The van der Waals surface area contributed by atoms with Gasteiger partial charge in [0.15, 0.2) is 5.96 Å². The van der Waals surface area contributed by atoms with Crippen LogP contribution in [-0.4, -0.2) is 37.3 Å². The summed E-state index contributed by atoms with van der Waals surface area (Å²) >= 11 is 0. The van der Waals surface area contributed by atoms with Crippen molar-refractivity contribution in [2.75, 3.05) is 26.2 Å². The van der Waals surface area contributed by atoms with Crippen molar-refractivity contribution in [3.63, 3.8) is 0 Å². The highest BCUT2D eigenvalue weighted by Gasteiger charge is 2.27. The molecule has 7 heteroatoms. The number of nitrogens with one attached hydrogen (secondary N) is 2. The molecule has 1 unspecified atom stereocenters. The van der Waals surface area contributed by atoms with Crippen molar-refractivity contribution in [3.8, 4) is 0 Å². The number of ether oxygens (including phenoxy) is 1. The van der Waals surface area contributed by atoms with E-state index in [1.807, 2.05) is 57.2 Å². The molecule has 28 heavy (non-hydrogen) atoms. The Labute approximate surface area is 184 Å². The fourth-order valence-corrected chi connectivity index (χ4v) is 2.83. The number of hydrogen-bond acceptors (Lipinski definition) is 4. The van der Waals surface area contributed by atoms with E-state index < -0.39 is 5.60 Å². The molecule has 0 aliphatic rings. The zero-order valence-corrected chi connectivity index (χ0v) is 19.4. The summed E-state index contributed by atoms with van der Waals surface area (Å²) in [6, 6.07) is 11.9. The topological polar surface area (TPSA) is 79.0 Å². The van der Waals surface area contributed by atoms with Crippen LogP contribution in [0.2, 0.25) is 0 Å². The van der Waals surface area contributed by atoms with Gasteiger partial charge in [0.05, 0.1) is 19.8 Å². The van der Waals surface area contributed by atoms with Crippen LogP contribution in [0.25, 0.3) is 0 Å². The first-order valence-corrected chi connectivity index (χ1v) is 9.36. The number of aliphatic hydroxyl groups is 1. The van der Waals surface area contributed by atoms with Gasteiger partial charge in [0.25, 0.3) is 0 Å². The van der Waals surface area contributed by atoms with E-state index in [-0.39, 0.29) is 30.5 Å². The Kier molecular flexibility index (Phi) is 10.6. The Hall–Kier alpha value is -1.58. The maximum atomic E-state index is 10.8. The van der Waals surface area contributed by atoms with Gasteiger partial charge in [-0.1, -0.05) is 30.3 Å². The maximum absolute atomic E-state index is 10.8. The Morgan fingerprint density at radius 3 is 2.54 bits per heavy atom. The molecule has 1 atom stereocenters. The fraction of sp³-hybridized carbons (Fsp3) is 0.476. The van der Waals surface area contributed by atoms with Crippen molar-refractivity contribution in [2.24, 2.45) is 4.99 Å². The summed E-state index contributed by atoms with van der Waals surface area (Å²) in [7, 11) is 0. The van der Waals surface area contributed by atoms with E-state index in [1.54, 1.807) is 6.92 Å². The maximum Gasteiger partial charge on any atom is 0.191 e. The molecule has 156 valence electrons. The average Bonchev–Trinajstić information content (AvgIpc) is 2.99. The number of benzene rings is 1. The summed E-state index contributed by atoms with van der Waals surface area (Å²) in [6.45, 7) is 10.2. The molecule has 3 N–H and O–H groups in total. The SMILES string of the molecule is CCNC(=NCC(C)(O)c1cc(C)oc1C)NCCOCc1ccccc1.I. The lowest BCUT2D eigenvalue weighted by atomic mass is 9.96. The number of hydrogen-bond donors (Lipinski definition) is 3. The lowest BCUT2D eigenvalue weighted by Crippen LogP contribution is -2.40. The average molecular weight is 501 g/mol. The third-order valence-electron chi connectivity index (χ3n) is 4.16. The van der Waals surface area contributed by atoms with Gasteiger partial charge >= 0.3 is 0 Å². The first-order valence-electron chi connectivity index (χ1n) is 9.36. The van der Waals surface area contributed by atoms with Crippen LogP contribution < -0.4 is 10.6 Å². The van der Waals surface area contributed by atoms with Gasteiger partial charge in [-0.15, -0.1) is 24.0 Å². The molecule has 1 aromatic heterocycles. The number of guanidine groups is 1. The van der Waals surface area contributed by atoms with Crippen LogP contribution >= 0.6 is 24.0 Å². The number of halogens is 1. The van der Waals surface area contributed by atoms with Crippen LogP contribution in [0.1, 0.15) is 36.5 Å². The van der Waals surface area contributed by atoms with Crippen molar-refractivity contribution < 1.29 is 14.3 Å². The van der Waals surface area contributed by atoms with E-state index in [0.29, 0.717) is 25.7 Å². The third kappa shape index (κ3) is 7.81. The highest BCUT2D eigenvalue weighted by Crippen LogP contribution is 2.27. The molecule has 2 aromatic rings. The van der Waals surface area contributed by atoms with Crippen LogP contribution in [0.5, 0.6) is 0 Å². The first kappa shape index (κ1) is 24.5. The van der Waals surface area contributed by atoms with Crippen molar-refractivity contribution >= 4 is 29.9 Å². The van der Waals surface area contributed by atoms with Crippen LogP contribution in [0.4, 0.5) is 0 Å². The molecule has 0 spiro atoms. The van der Waals surface area contributed by atoms with E-state index in [1.165, 1.54) is 0 Å². The van der Waals surface area contributed by atoms with Crippen LogP contribution in [-0.2, 0) is 16.9 Å². The Morgan fingerprint density at radius 2 is 1.93 bits per heavy atom. The van der Waals surface area contributed by atoms with Gasteiger partial charge in [0, 0.05) is 18.7 Å². The highest BCUT2D eigenvalue weighted by molar-refractivity contribution is 14.0. The molecule has 0 aliphatic carbocycles. The molecule has 1 aromatic carbocycles. The van der Waals surface area contributed by atoms with E-state index in [9.17, 15) is 5.11 Å². The number of nitrogens with zero attached hydrogens (tertiary/aromatic N) is 1. The smallest absolute Gasteiger partial charge is 0.191 e. The van der Waals surface area contributed by atoms with Crippen LogP contribution in [0, 0.1) is 13.8 Å². The zero-order valence-electron chi connectivity index (χ0n) is 17.1. The van der Waals surface area contributed by atoms with Crippen LogP contribution in [0.3, 0.4) is 0 Å². The standard InChI is InChI=1S/C21H31N3O3.HI/c1-5-22-20(23-11-12-26-14-18-9-7-6-8-10-18)24-15-21(4,25)19-13-16(2)27-17(19)3;/h6-10,13,25H,5,11-12,14-15H2,1-4H3,(H2,22,23,24);1H. The summed E-state index contributed by atoms with van der Waals surface area (Å²) in [5, 5.41) is 17.2. The van der Waals surface area contributed by atoms with E-state index in [4.69, 9.17) is 9.15 Å². The minimum atomic E-state index is -1.09. The number of rotatable bonds is 9. The number of aryl methyl sites for hydroxylation is 2. The molecule has 0 amide bonds. The van der Waals surface area contributed by atoms with Crippen molar-refractivity contribution in [3.05, 3.63) is 59.0 Å². The molecule has 6 nitrogen and oxygen atoms in total. The van der Waals surface area contributed by atoms with E-state index >= 15 is 0 Å². The summed E-state index contributed by atoms with van der Waals surface area (Å²) in [6.07, 6.45) is 0. The van der Waals surface area contributed by atoms with Gasteiger partial charge in [-0.3, -0.25) is 0 Å². The van der Waals surface area contributed by atoms with Crippen LogP contribution in [0.15, 0.2) is 45.8 Å². The van der Waals surface area contributed by atoms with E-state index in [0.717, 1.165) is 29.2 Å². The number of furan rings is 1. The monoisotopic (exact) mass is 501 g/mol. The second-order valence-electron chi connectivity index (χ2n) is 6.76. The molecule has 1 heterocycles. The summed E-state index contributed by atoms with van der Waals surface area (Å²) in [4.78, 5) is 4.51. The van der Waals surface area contributed by atoms with Gasteiger partial charge in [-0.05, 0) is 39.3 Å². The fourth-order valence-electron chi connectivity index (χ4n) is 2.83. The summed E-state index contributed by atoms with van der Waals surface area (Å²) in [5.41, 5.74) is 0.833. The molecule has 0 fully saturated rings. The highest BCUT2D eigenvalue weighted by atomic mass is 127. The predicted molar refractivity (Wildman–Crippen MR) is 123 cm³/mol. The molecule has 0 saturated heterocycles. The molecule has 2 rings (SSSR count). The van der Waals surface area contributed by atoms with Gasteiger partial charge in [0.1, 0.15) is 17.1 Å². The molecule has 0 radical (unpaired) electrons. The zero-order chi connectivity index (χ0) is 19.7. The third-order valence-corrected chi connectivity index (χ3v) is 4.16.